The van der Waals surface area contributed by atoms with Crippen LogP contribution in [0.4, 0.5) is 24.5 Å². The summed E-state index contributed by atoms with van der Waals surface area (Å²) in [5.41, 5.74) is 8.71. The fourth-order valence-electron chi connectivity index (χ4n) is 4.08. The third-order valence-corrected chi connectivity index (χ3v) is 5.65. The van der Waals surface area contributed by atoms with Crippen molar-refractivity contribution in [2.75, 3.05) is 10.3 Å². The van der Waals surface area contributed by atoms with Gasteiger partial charge in [0.2, 0.25) is 0 Å². The van der Waals surface area contributed by atoms with Crippen LogP contribution >= 0.6 is 0 Å². The number of alkyl halides is 3. The third kappa shape index (κ3) is 9.29. The average Bonchev–Trinajstić information content (AvgIpc) is 2.88. The summed E-state index contributed by atoms with van der Waals surface area (Å²) in [6.45, 7) is 14.0. The van der Waals surface area contributed by atoms with Crippen molar-refractivity contribution in [3.63, 3.8) is 0 Å². The molecule has 0 amide bonds. The van der Waals surface area contributed by atoms with Gasteiger partial charge in [0.1, 0.15) is 5.75 Å². The summed E-state index contributed by atoms with van der Waals surface area (Å²) in [6, 6.07) is 4.65. The predicted molar refractivity (Wildman–Crippen MR) is 144 cm³/mol. The maximum atomic E-state index is 13.0. The molecule has 1 fully saturated rings. The molecule has 0 atom stereocenters. The Labute approximate surface area is 218 Å². The highest BCUT2D eigenvalue weighted by molar-refractivity contribution is 5.78. The summed E-state index contributed by atoms with van der Waals surface area (Å²) in [6.07, 6.45) is 3.86. The zero-order chi connectivity index (χ0) is 27.4. The topological polar surface area (TPSA) is 62.3 Å². The average molecular weight is 518 g/mol. The number of ether oxygens (including phenoxy) is 1. The van der Waals surface area contributed by atoms with Crippen LogP contribution in [-0.4, -0.2) is 28.4 Å². The van der Waals surface area contributed by atoms with Crippen LogP contribution in [0.2, 0.25) is 0 Å². The molecule has 1 heterocycles. The Hall–Kier alpha value is -3.25. The van der Waals surface area contributed by atoms with E-state index in [2.05, 4.69) is 44.0 Å². The van der Waals surface area contributed by atoms with Crippen LogP contribution in [0.25, 0.3) is 5.70 Å². The van der Waals surface area contributed by atoms with E-state index in [4.69, 9.17) is 0 Å². The molecule has 0 saturated heterocycles. The number of aromatic nitrogens is 2. The lowest BCUT2D eigenvalue weighted by Crippen LogP contribution is -2.36. The second-order valence-corrected chi connectivity index (χ2v) is 8.77. The fraction of sp³-hybridized carbons (Fsp3) is 0.500. The van der Waals surface area contributed by atoms with Gasteiger partial charge in [-0.05, 0) is 45.2 Å². The van der Waals surface area contributed by atoms with Gasteiger partial charge in [-0.3, -0.25) is 0 Å². The van der Waals surface area contributed by atoms with Gasteiger partial charge in [-0.2, -0.15) is 0 Å². The van der Waals surface area contributed by atoms with Crippen molar-refractivity contribution in [2.24, 2.45) is 0 Å². The Morgan fingerprint density at radius 3 is 2.38 bits per heavy atom. The summed E-state index contributed by atoms with van der Waals surface area (Å²) in [7, 11) is 0. The molecule has 1 aromatic carbocycles. The molecule has 0 radical (unpaired) electrons. The molecular formula is C28H38F3N5O. The zero-order valence-corrected chi connectivity index (χ0v) is 22.4. The molecule has 0 unspecified atom stereocenters. The summed E-state index contributed by atoms with van der Waals surface area (Å²) in [4.78, 5) is 10.9. The fourth-order valence-corrected chi connectivity index (χ4v) is 4.08. The number of hydrazine groups is 1. The summed E-state index contributed by atoms with van der Waals surface area (Å²) in [5.74, 6) is 6.01. The van der Waals surface area contributed by atoms with E-state index < -0.39 is 6.36 Å². The molecule has 1 aromatic heterocycles. The monoisotopic (exact) mass is 517 g/mol. The molecule has 37 heavy (non-hydrogen) atoms. The van der Waals surface area contributed by atoms with Gasteiger partial charge < -0.3 is 15.1 Å². The van der Waals surface area contributed by atoms with Crippen LogP contribution < -0.4 is 20.5 Å². The van der Waals surface area contributed by atoms with Gasteiger partial charge in [-0.1, -0.05) is 51.7 Å². The van der Waals surface area contributed by atoms with E-state index in [0.29, 0.717) is 29.3 Å². The number of anilines is 2. The van der Waals surface area contributed by atoms with E-state index in [9.17, 15) is 13.2 Å². The van der Waals surface area contributed by atoms with E-state index in [1.54, 1.807) is 25.4 Å². The van der Waals surface area contributed by atoms with Gasteiger partial charge in [0.05, 0.1) is 23.8 Å². The first-order chi connectivity index (χ1) is 17.7. The number of halogens is 3. The van der Waals surface area contributed by atoms with Gasteiger partial charge in [0.15, 0.2) is 5.82 Å². The number of hydrogen-bond donors (Lipinski definition) is 2. The highest BCUT2D eigenvalue weighted by atomic mass is 19.4. The van der Waals surface area contributed by atoms with Gasteiger partial charge >= 0.3 is 6.36 Å². The van der Waals surface area contributed by atoms with Crippen LogP contribution in [0.5, 0.6) is 5.75 Å². The molecule has 1 aliphatic rings. The van der Waals surface area contributed by atoms with E-state index in [1.807, 2.05) is 32.6 Å². The van der Waals surface area contributed by atoms with Crippen molar-refractivity contribution >= 4 is 17.1 Å². The van der Waals surface area contributed by atoms with Crippen molar-refractivity contribution in [1.82, 2.24) is 15.4 Å². The highest BCUT2D eigenvalue weighted by Gasteiger charge is 2.32. The lowest BCUT2D eigenvalue weighted by atomic mass is 9.92. The van der Waals surface area contributed by atoms with Gasteiger partial charge in [0, 0.05) is 30.3 Å². The molecule has 0 bridgehead atoms. The molecule has 0 aliphatic heterocycles. The number of nitrogens with one attached hydrogen (secondary N) is 2. The van der Waals surface area contributed by atoms with E-state index in [0.717, 1.165) is 37.7 Å². The molecule has 202 valence electrons. The van der Waals surface area contributed by atoms with Crippen LogP contribution in [0.1, 0.15) is 78.1 Å². The first-order valence-corrected chi connectivity index (χ1v) is 12.8. The first-order valence-electron chi connectivity index (χ1n) is 12.8. The largest absolute Gasteiger partial charge is 0.573 e. The maximum absolute atomic E-state index is 13.0. The number of nitrogens with zero attached hydrogens (tertiary/aromatic N) is 3. The summed E-state index contributed by atoms with van der Waals surface area (Å²) < 4.78 is 43.2. The van der Waals surface area contributed by atoms with Crippen molar-refractivity contribution in [3.8, 4) is 17.6 Å². The SMILES string of the molecule is C=C(c1ncc(NNC(C)C)cn1)N(c1cc(OC(F)(F)F)ccc1CC#CC)C1CCCCC1.CC. The highest BCUT2D eigenvalue weighted by Crippen LogP contribution is 2.38. The van der Waals surface area contributed by atoms with E-state index >= 15 is 0 Å². The minimum absolute atomic E-state index is 0.0507. The number of benzene rings is 1. The molecule has 6 nitrogen and oxygen atoms in total. The number of rotatable bonds is 9. The smallest absolute Gasteiger partial charge is 0.406 e. The Kier molecular flexibility index (Phi) is 11.7. The van der Waals surface area contributed by atoms with Crippen LogP contribution in [0.3, 0.4) is 0 Å². The number of hydrogen-bond acceptors (Lipinski definition) is 6. The molecule has 3 rings (SSSR count). The van der Waals surface area contributed by atoms with E-state index in [1.165, 1.54) is 12.1 Å². The third-order valence-electron chi connectivity index (χ3n) is 5.65. The summed E-state index contributed by atoms with van der Waals surface area (Å²) >= 11 is 0. The van der Waals surface area contributed by atoms with Crippen molar-refractivity contribution < 1.29 is 17.9 Å². The van der Waals surface area contributed by atoms with Crippen LogP contribution in [0, 0.1) is 11.8 Å². The predicted octanol–water partition coefficient (Wildman–Crippen LogP) is 7.10. The Balaban J connectivity index is 0.00000235. The Morgan fingerprint density at radius 1 is 1.16 bits per heavy atom. The molecule has 1 aliphatic carbocycles. The van der Waals surface area contributed by atoms with Crippen molar-refractivity contribution in [1.29, 1.82) is 0 Å². The lowest BCUT2D eigenvalue weighted by molar-refractivity contribution is -0.274. The minimum Gasteiger partial charge on any atom is -0.406 e. The quantitative estimate of drug-likeness (QED) is 0.273. The molecule has 1 saturated carbocycles. The molecule has 2 aromatic rings. The Morgan fingerprint density at radius 2 is 1.81 bits per heavy atom. The lowest BCUT2D eigenvalue weighted by Gasteiger charge is -2.38. The van der Waals surface area contributed by atoms with Crippen molar-refractivity contribution in [3.05, 3.63) is 48.6 Å². The van der Waals surface area contributed by atoms with Gasteiger partial charge in [0.25, 0.3) is 0 Å². The molecule has 2 N–H and O–H groups in total. The van der Waals surface area contributed by atoms with Crippen LogP contribution in [0.15, 0.2) is 37.2 Å². The van der Waals surface area contributed by atoms with Crippen LogP contribution in [-0.2, 0) is 6.42 Å². The second kappa shape index (κ2) is 14.5. The summed E-state index contributed by atoms with van der Waals surface area (Å²) in [5, 5.41) is 0. The second-order valence-electron chi connectivity index (χ2n) is 8.77. The molecular weight excluding hydrogens is 479 g/mol. The Bertz CT molecular complexity index is 1050. The first kappa shape index (κ1) is 30.0. The zero-order valence-electron chi connectivity index (χ0n) is 22.4. The van der Waals surface area contributed by atoms with E-state index in [-0.39, 0.29) is 17.8 Å². The standard InChI is InChI=1S/C26H32F3N5O.C2H6/c1-5-6-10-20-13-14-23(35-26(27,28)29)15-24(20)34(22-11-8-7-9-12-22)19(4)25-30-16-21(17-31-25)33-32-18(2)3;1-2/h13-18,22,32-33H,4,7-12H2,1-3H3;1-2H3. The van der Waals surface area contributed by atoms with Crippen molar-refractivity contribution in [2.45, 2.75) is 91.6 Å². The molecule has 9 heteroatoms. The minimum atomic E-state index is -4.79. The molecule has 0 spiro atoms. The maximum Gasteiger partial charge on any atom is 0.573 e. The van der Waals surface area contributed by atoms with Gasteiger partial charge in [-0.25, -0.2) is 15.4 Å². The normalized spacial score (nSPS) is 13.6. The van der Waals surface area contributed by atoms with Gasteiger partial charge in [-0.15, -0.1) is 19.1 Å².